The molecule has 178 valence electrons. The summed E-state index contributed by atoms with van der Waals surface area (Å²) < 4.78 is 46.9. The molecule has 2 aliphatic carbocycles. The van der Waals surface area contributed by atoms with Gasteiger partial charge in [-0.2, -0.15) is 13.2 Å². The smallest absolute Gasteiger partial charge is 0.378 e. The average Bonchev–Trinajstić information content (AvgIpc) is 3.30. The Hall–Kier alpha value is -0.900. The lowest BCUT2D eigenvalue weighted by Crippen LogP contribution is -2.45. The summed E-state index contributed by atoms with van der Waals surface area (Å²) in [5, 5.41) is 0. The molecule has 2 aliphatic heterocycles. The molecule has 2 saturated heterocycles. The number of hydrazine groups is 1. The predicted molar refractivity (Wildman–Crippen MR) is 111 cm³/mol. The highest BCUT2D eigenvalue weighted by molar-refractivity contribution is 5.82. The van der Waals surface area contributed by atoms with Gasteiger partial charge in [-0.15, -0.1) is 0 Å². The van der Waals surface area contributed by atoms with Crippen LogP contribution in [0, 0.1) is 23.7 Å². The van der Waals surface area contributed by atoms with Gasteiger partial charge < -0.3 is 9.64 Å². The van der Waals surface area contributed by atoms with Crippen molar-refractivity contribution in [1.29, 1.82) is 0 Å². The third kappa shape index (κ3) is 4.89. The molecule has 4 fully saturated rings. The highest BCUT2D eigenvalue weighted by Gasteiger charge is 2.55. The quantitative estimate of drug-likeness (QED) is 0.657. The van der Waals surface area contributed by atoms with E-state index in [1.54, 1.807) is 0 Å². The van der Waals surface area contributed by atoms with Crippen molar-refractivity contribution in [2.24, 2.45) is 23.7 Å². The van der Waals surface area contributed by atoms with E-state index in [1.165, 1.54) is 0 Å². The van der Waals surface area contributed by atoms with Crippen molar-refractivity contribution in [3.8, 4) is 0 Å². The van der Waals surface area contributed by atoms with Gasteiger partial charge in [-0.1, -0.05) is 12.8 Å². The highest BCUT2D eigenvalue weighted by atomic mass is 19.4. The molecule has 0 aromatic carbocycles. The SMILES string of the molecule is CCOC(CC1NNCN1C)C1CCCC(N2CC3C(CCCC3C(F)(F)F)C2=O)C1. The third-order valence-corrected chi connectivity index (χ3v) is 8.11. The number of hydrogen-bond donors (Lipinski definition) is 2. The predicted octanol–water partition coefficient (Wildman–Crippen LogP) is 3.10. The Kier molecular flexibility index (Phi) is 7.15. The van der Waals surface area contributed by atoms with E-state index in [4.69, 9.17) is 4.74 Å². The molecule has 1 amide bonds. The molecule has 0 spiro atoms. The van der Waals surface area contributed by atoms with E-state index in [9.17, 15) is 18.0 Å². The van der Waals surface area contributed by atoms with E-state index in [2.05, 4.69) is 22.8 Å². The number of carbonyl (C=O) groups is 1. The maximum absolute atomic E-state index is 13.6. The average molecular weight is 447 g/mol. The monoisotopic (exact) mass is 446 g/mol. The van der Waals surface area contributed by atoms with Crippen molar-refractivity contribution in [2.45, 2.75) is 82.8 Å². The molecule has 0 bridgehead atoms. The number of carbonyl (C=O) groups excluding carboxylic acids is 1. The molecule has 2 heterocycles. The van der Waals surface area contributed by atoms with Crippen LogP contribution in [0.3, 0.4) is 0 Å². The van der Waals surface area contributed by atoms with Crippen LogP contribution in [0.4, 0.5) is 13.2 Å². The van der Waals surface area contributed by atoms with Gasteiger partial charge in [0, 0.05) is 31.5 Å². The molecule has 6 nitrogen and oxygen atoms in total. The zero-order valence-electron chi connectivity index (χ0n) is 18.7. The van der Waals surface area contributed by atoms with Crippen LogP contribution >= 0.6 is 0 Å². The van der Waals surface area contributed by atoms with Gasteiger partial charge in [0.25, 0.3) is 0 Å². The van der Waals surface area contributed by atoms with Crippen molar-refractivity contribution in [2.75, 3.05) is 26.9 Å². The molecule has 9 heteroatoms. The molecule has 2 N–H and O–H groups in total. The Morgan fingerprint density at radius 2 is 1.97 bits per heavy atom. The minimum Gasteiger partial charge on any atom is -0.378 e. The summed E-state index contributed by atoms with van der Waals surface area (Å²) in [6.45, 7) is 3.70. The van der Waals surface area contributed by atoms with Gasteiger partial charge in [0.05, 0.1) is 24.9 Å². The Balaban J connectivity index is 1.43. The van der Waals surface area contributed by atoms with Crippen molar-refractivity contribution < 1.29 is 22.7 Å². The first-order valence-electron chi connectivity index (χ1n) is 12.0. The van der Waals surface area contributed by atoms with E-state index in [0.29, 0.717) is 25.4 Å². The van der Waals surface area contributed by atoms with Crippen LogP contribution in [0.25, 0.3) is 0 Å². The summed E-state index contributed by atoms with van der Waals surface area (Å²) in [6.07, 6.45) is 1.96. The number of halogens is 3. The highest BCUT2D eigenvalue weighted by Crippen LogP contribution is 2.49. The second kappa shape index (κ2) is 9.53. The molecule has 0 radical (unpaired) electrons. The van der Waals surface area contributed by atoms with E-state index in [-0.39, 0.29) is 37.2 Å². The van der Waals surface area contributed by atoms with Gasteiger partial charge >= 0.3 is 6.18 Å². The molecule has 7 unspecified atom stereocenters. The van der Waals surface area contributed by atoms with Crippen molar-refractivity contribution in [3.05, 3.63) is 0 Å². The molecule has 4 aliphatic rings. The molecule has 2 saturated carbocycles. The van der Waals surface area contributed by atoms with E-state index in [1.807, 2.05) is 11.8 Å². The van der Waals surface area contributed by atoms with Crippen LogP contribution < -0.4 is 10.9 Å². The third-order valence-electron chi connectivity index (χ3n) is 8.11. The number of ether oxygens (including phenoxy) is 1. The first-order valence-corrected chi connectivity index (χ1v) is 12.0. The van der Waals surface area contributed by atoms with Crippen LogP contribution in [0.5, 0.6) is 0 Å². The van der Waals surface area contributed by atoms with Crippen LogP contribution in [0.2, 0.25) is 0 Å². The van der Waals surface area contributed by atoms with Crippen LogP contribution in [-0.2, 0) is 9.53 Å². The lowest BCUT2D eigenvalue weighted by molar-refractivity contribution is -0.198. The minimum atomic E-state index is -4.21. The molecule has 0 aromatic rings. The number of nitrogens with one attached hydrogen (secondary N) is 2. The summed E-state index contributed by atoms with van der Waals surface area (Å²) in [7, 11) is 2.06. The number of rotatable bonds is 6. The number of alkyl halides is 3. The Bertz CT molecular complexity index is 634. The molecule has 0 aromatic heterocycles. The molecule has 4 rings (SSSR count). The maximum atomic E-state index is 13.6. The fourth-order valence-corrected chi connectivity index (χ4v) is 6.49. The number of likely N-dealkylation sites (tertiary alicyclic amines) is 1. The Labute approximate surface area is 183 Å². The topological polar surface area (TPSA) is 56.8 Å². The molecule has 7 atom stereocenters. The van der Waals surface area contributed by atoms with Gasteiger partial charge in [-0.05, 0) is 57.9 Å². The number of hydrogen-bond acceptors (Lipinski definition) is 5. The summed E-state index contributed by atoms with van der Waals surface area (Å²) >= 11 is 0. The first kappa shape index (κ1) is 23.3. The van der Waals surface area contributed by atoms with Gasteiger partial charge in [-0.3, -0.25) is 9.69 Å². The van der Waals surface area contributed by atoms with E-state index >= 15 is 0 Å². The minimum absolute atomic E-state index is 0.0287. The second-order valence-electron chi connectivity index (χ2n) is 9.90. The lowest BCUT2D eigenvalue weighted by atomic mass is 9.73. The standard InChI is InChI=1S/C22H37F3N4O2/c1-3-31-19(11-20-27-26-13-28(20)2)14-6-4-7-15(10-14)29-12-17-16(21(29)30)8-5-9-18(17)22(23,24)25/h14-20,26-27H,3-13H2,1-2H3. The summed E-state index contributed by atoms with van der Waals surface area (Å²) in [6, 6.07) is 0.0427. The molecule has 31 heavy (non-hydrogen) atoms. The lowest BCUT2D eigenvalue weighted by Gasteiger charge is -2.39. The second-order valence-corrected chi connectivity index (χ2v) is 9.90. The summed E-state index contributed by atoms with van der Waals surface area (Å²) in [4.78, 5) is 17.2. The zero-order valence-corrected chi connectivity index (χ0v) is 18.7. The largest absolute Gasteiger partial charge is 0.392 e. The van der Waals surface area contributed by atoms with E-state index in [0.717, 1.165) is 38.8 Å². The van der Waals surface area contributed by atoms with Crippen molar-refractivity contribution in [1.82, 2.24) is 20.7 Å². The molecular weight excluding hydrogens is 409 g/mol. The van der Waals surface area contributed by atoms with Crippen LogP contribution in [-0.4, -0.2) is 67.1 Å². The fourth-order valence-electron chi connectivity index (χ4n) is 6.49. The fraction of sp³-hybridized carbons (Fsp3) is 0.955. The Morgan fingerprint density at radius 1 is 1.19 bits per heavy atom. The van der Waals surface area contributed by atoms with Gasteiger partial charge in [-0.25, -0.2) is 10.9 Å². The molecular formula is C22H37F3N4O2. The normalized spacial score (nSPS) is 38.5. The maximum Gasteiger partial charge on any atom is 0.392 e. The van der Waals surface area contributed by atoms with Gasteiger partial charge in [0.1, 0.15) is 0 Å². The van der Waals surface area contributed by atoms with Crippen molar-refractivity contribution in [3.63, 3.8) is 0 Å². The summed E-state index contributed by atoms with van der Waals surface area (Å²) in [5.74, 6) is -2.04. The van der Waals surface area contributed by atoms with Gasteiger partial charge in [0.2, 0.25) is 5.91 Å². The van der Waals surface area contributed by atoms with Crippen LogP contribution in [0.1, 0.15) is 58.3 Å². The zero-order chi connectivity index (χ0) is 22.2. The first-order chi connectivity index (χ1) is 14.8. The number of nitrogens with zero attached hydrogens (tertiary/aromatic N) is 2. The van der Waals surface area contributed by atoms with E-state index < -0.39 is 23.9 Å². The van der Waals surface area contributed by atoms with Gasteiger partial charge in [0.15, 0.2) is 0 Å². The number of fused-ring (bicyclic) bond motifs is 1. The summed E-state index contributed by atoms with van der Waals surface area (Å²) in [5.41, 5.74) is 6.44. The van der Waals surface area contributed by atoms with Crippen LogP contribution in [0.15, 0.2) is 0 Å². The number of amides is 1. The van der Waals surface area contributed by atoms with Crippen molar-refractivity contribution >= 4 is 5.91 Å². The Morgan fingerprint density at radius 3 is 2.65 bits per heavy atom.